The van der Waals surface area contributed by atoms with E-state index in [1.165, 1.54) is 18.4 Å². The Hall–Kier alpha value is -2.14. The maximum Gasteiger partial charge on any atom is 0.337 e. The molecule has 134 valence electrons. The minimum atomic E-state index is -0.316. The number of rotatable bonds is 3. The van der Waals surface area contributed by atoms with Crippen LogP contribution in [-0.2, 0) is 23.1 Å². The minimum absolute atomic E-state index is 0.0287. The summed E-state index contributed by atoms with van der Waals surface area (Å²) in [5.41, 5.74) is 11.7. The number of nitrogens with two attached hydrogens (primary N) is 1. The molecule has 1 aliphatic carbocycles. The number of carbonyl (C=O) groups excluding carboxylic acids is 1. The van der Waals surface area contributed by atoms with Gasteiger partial charge in [-0.25, -0.2) is 4.79 Å². The van der Waals surface area contributed by atoms with Gasteiger partial charge in [0.05, 0.1) is 24.9 Å². The van der Waals surface area contributed by atoms with Gasteiger partial charge in [-0.2, -0.15) is 5.10 Å². The quantitative estimate of drug-likeness (QED) is 0.869. The monoisotopic (exact) mass is 341 g/mol. The van der Waals surface area contributed by atoms with Crippen molar-refractivity contribution in [2.24, 2.45) is 5.73 Å². The van der Waals surface area contributed by atoms with E-state index in [0.29, 0.717) is 12.1 Å². The molecule has 0 fully saturated rings. The average molecular weight is 341 g/mol. The number of nitrogens with zero attached hydrogens (tertiary/aromatic N) is 2. The molecule has 0 saturated heterocycles. The molecule has 1 unspecified atom stereocenters. The van der Waals surface area contributed by atoms with Crippen molar-refractivity contribution < 1.29 is 9.53 Å². The SMILES string of the molecule is COC(=O)c1ccc(Cn2nc(C(C)(C)C)c3c2CCCC3N)cc1. The van der Waals surface area contributed by atoms with Crippen molar-refractivity contribution in [1.29, 1.82) is 0 Å². The number of carbonyl (C=O) groups is 1. The molecular formula is C20H27N3O2. The summed E-state index contributed by atoms with van der Waals surface area (Å²) in [5, 5.41) is 4.93. The second-order valence-electron chi connectivity index (χ2n) is 7.80. The summed E-state index contributed by atoms with van der Waals surface area (Å²) in [6.07, 6.45) is 3.15. The maximum atomic E-state index is 11.6. The summed E-state index contributed by atoms with van der Waals surface area (Å²) in [6.45, 7) is 7.25. The molecule has 1 aromatic heterocycles. The Balaban J connectivity index is 1.94. The zero-order valence-corrected chi connectivity index (χ0v) is 15.5. The predicted octanol–water partition coefficient (Wildman–Crippen LogP) is 3.35. The number of esters is 1. The van der Waals surface area contributed by atoms with Crippen molar-refractivity contribution in [1.82, 2.24) is 9.78 Å². The molecule has 5 heteroatoms. The van der Waals surface area contributed by atoms with Crippen LogP contribution in [-0.4, -0.2) is 22.9 Å². The largest absolute Gasteiger partial charge is 0.465 e. The van der Waals surface area contributed by atoms with Crippen LogP contribution in [0.3, 0.4) is 0 Å². The first-order valence-electron chi connectivity index (χ1n) is 8.84. The molecule has 1 atom stereocenters. The lowest BCUT2D eigenvalue weighted by molar-refractivity contribution is 0.0600. The number of hydrogen-bond acceptors (Lipinski definition) is 4. The van der Waals surface area contributed by atoms with Crippen molar-refractivity contribution in [3.8, 4) is 0 Å². The fraction of sp³-hybridized carbons (Fsp3) is 0.500. The summed E-state index contributed by atoms with van der Waals surface area (Å²) >= 11 is 0. The summed E-state index contributed by atoms with van der Waals surface area (Å²) in [6, 6.07) is 7.59. The van der Waals surface area contributed by atoms with E-state index in [2.05, 4.69) is 25.5 Å². The van der Waals surface area contributed by atoms with E-state index in [0.717, 1.165) is 30.5 Å². The highest BCUT2D eigenvalue weighted by Gasteiger charge is 2.31. The van der Waals surface area contributed by atoms with E-state index >= 15 is 0 Å². The van der Waals surface area contributed by atoms with Gasteiger partial charge >= 0.3 is 5.97 Å². The van der Waals surface area contributed by atoms with Gasteiger partial charge in [-0.3, -0.25) is 4.68 Å². The van der Waals surface area contributed by atoms with Crippen LogP contribution < -0.4 is 5.73 Å². The first-order chi connectivity index (χ1) is 11.8. The number of hydrogen-bond donors (Lipinski definition) is 1. The Morgan fingerprint density at radius 2 is 2.00 bits per heavy atom. The number of benzene rings is 1. The first kappa shape index (κ1) is 17.7. The second-order valence-corrected chi connectivity index (χ2v) is 7.80. The van der Waals surface area contributed by atoms with Crippen LogP contribution in [0, 0.1) is 0 Å². The van der Waals surface area contributed by atoms with Crippen LogP contribution in [0.1, 0.15) is 72.5 Å². The van der Waals surface area contributed by atoms with Crippen LogP contribution in [0.2, 0.25) is 0 Å². The van der Waals surface area contributed by atoms with Crippen LogP contribution >= 0.6 is 0 Å². The van der Waals surface area contributed by atoms with Crippen LogP contribution in [0.4, 0.5) is 0 Å². The fourth-order valence-corrected chi connectivity index (χ4v) is 3.52. The molecule has 0 spiro atoms. The van der Waals surface area contributed by atoms with Gasteiger partial charge in [0.25, 0.3) is 0 Å². The number of methoxy groups -OCH3 is 1. The maximum absolute atomic E-state index is 11.6. The highest BCUT2D eigenvalue weighted by Crippen LogP contribution is 2.36. The molecule has 25 heavy (non-hydrogen) atoms. The lowest BCUT2D eigenvalue weighted by atomic mass is 9.82. The molecule has 1 aliphatic rings. The zero-order valence-electron chi connectivity index (χ0n) is 15.5. The van der Waals surface area contributed by atoms with Crippen LogP contribution in [0.25, 0.3) is 0 Å². The summed E-state index contributed by atoms with van der Waals surface area (Å²) in [5.74, 6) is -0.316. The van der Waals surface area contributed by atoms with Crippen molar-refractivity contribution in [2.75, 3.05) is 7.11 Å². The van der Waals surface area contributed by atoms with Crippen LogP contribution in [0.5, 0.6) is 0 Å². The molecule has 1 aromatic carbocycles. The Morgan fingerprint density at radius 3 is 2.60 bits per heavy atom. The normalized spacial score (nSPS) is 17.2. The number of aromatic nitrogens is 2. The Morgan fingerprint density at radius 1 is 1.32 bits per heavy atom. The smallest absolute Gasteiger partial charge is 0.337 e. The summed E-state index contributed by atoms with van der Waals surface area (Å²) in [4.78, 5) is 11.6. The van der Waals surface area contributed by atoms with Gasteiger partial charge in [0, 0.05) is 22.7 Å². The van der Waals surface area contributed by atoms with Crippen molar-refractivity contribution in [3.05, 3.63) is 52.3 Å². The van der Waals surface area contributed by atoms with Crippen molar-refractivity contribution in [2.45, 2.75) is 58.0 Å². The molecule has 5 nitrogen and oxygen atoms in total. The van der Waals surface area contributed by atoms with Gasteiger partial charge in [0.1, 0.15) is 0 Å². The molecular weight excluding hydrogens is 314 g/mol. The molecule has 0 amide bonds. The Kier molecular flexibility index (Phi) is 4.69. The standard InChI is InChI=1S/C20H27N3O2/c1-20(2,3)18-17-15(21)6-5-7-16(17)23(22-18)12-13-8-10-14(11-9-13)19(24)25-4/h8-11,15H,5-7,12,21H2,1-4H3. The average Bonchev–Trinajstić information content (AvgIpc) is 2.95. The number of ether oxygens (including phenoxy) is 1. The molecule has 2 aromatic rings. The van der Waals surface area contributed by atoms with Gasteiger partial charge in [0.2, 0.25) is 0 Å². The Bertz CT molecular complexity index is 769. The first-order valence-corrected chi connectivity index (χ1v) is 8.84. The fourth-order valence-electron chi connectivity index (χ4n) is 3.52. The van der Waals surface area contributed by atoms with Crippen molar-refractivity contribution in [3.63, 3.8) is 0 Å². The van der Waals surface area contributed by atoms with Gasteiger partial charge in [-0.05, 0) is 37.0 Å². The summed E-state index contributed by atoms with van der Waals surface area (Å²) in [7, 11) is 1.39. The highest BCUT2D eigenvalue weighted by atomic mass is 16.5. The predicted molar refractivity (Wildman–Crippen MR) is 97.7 cm³/mol. The van der Waals surface area contributed by atoms with Gasteiger partial charge in [0.15, 0.2) is 0 Å². The molecule has 0 radical (unpaired) electrons. The minimum Gasteiger partial charge on any atom is -0.465 e. The molecule has 1 heterocycles. The van der Waals surface area contributed by atoms with E-state index in [9.17, 15) is 4.79 Å². The zero-order chi connectivity index (χ0) is 18.2. The third-order valence-electron chi connectivity index (χ3n) is 4.82. The highest BCUT2D eigenvalue weighted by molar-refractivity contribution is 5.89. The van der Waals surface area contributed by atoms with E-state index in [4.69, 9.17) is 15.6 Å². The second kappa shape index (κ2) is 6.64. The third-order valence-corrected chi connectivity index (χ3v) is 4.82. The van der Waals surface area contributed by atoms with E-state index in [1.807, 2.05) is 12.1 Å². The summed E-state index contributed by atoms with van der Waals surface area (Å²) < 4.78 is 6.85. The van der Waals surface area contributed by atoms with Crippen LogP contribution in [0.15, 0.2) is 24.3 Å². The molecule has 0 aliphatic heterocycles. The third kappa shape index (κ3) is 3.47. The van der Waals surface area contributed by atoms with E-state index in [-0.39, 0.29) is 17.4 Å². The lowest BCUT2D eigenvalue weighted by Gasteiger charge is -2.24. The van der Waals surface area contributed by atoms with Gasteiger partial charge in [-0.1, -0.05) is 32.9 Å². The van der Waals surface area contributed by atoms with Crippen molar-refractivity contribution >= 4 is 5.97 Å². The molecule has 0 saturated carbocycles. The Labute approximate surface area is 149 Å². The molecule has 2 N–H and O–H groups in total. The van der Waals surface area contributed by atoms with E-state index < -0.39 is 0 Å². The van der Waals surface area contributed by atoms with Gasteiger partial charge < -0.3 is 10.5 Å². The number of fused-ring (bicyclic) bond motifs is 1. The lowest BCUT2D eigenvalue weighted by Crippen LogP contribution is -2.22. The van der Waals surface area contributed by atoms with E-state index in [1.54, 1.807) is 12.1 Å². The van der Waals surface area contributed by atoms with Gasteiger partial charge in [-0.15, -0.1) is 0 Å². The molecule has 0 bridgehead atoms. The molecule has 3 rings (SSSR count). The topological polar surface area (TPSA) is 70.1 Å².